The van der Waals surface area contributed by atoms with E-state index in [-0.39, 0.29) is 13.1 Å². The van der Waals surface area contributed by atoms with Gasteiger partial charge in [-0.1, -0.05) is 35.9 Å². The molecule has 1 heterocycles. The maximum atomic E-state index is 11.9. The van der Waals surface area contributed by atoms with Crippen LogP contribution in [0.5, 0.6) is 5.75 Å². The number of halogens is 1. The Balaban J connectivity index is 1.48. The molecule has 0 bridgehead atoms. The lowest BCUT2D eigenvalue weighted by atomic mass is 10.0. The van der Waals surface area contributed by atoms with E-state index in [1.54, 1.807) is 36.4 Å². The Morgan fingerprint density at radius 3 is 2.73 bits per heavy atom. The molecule has 6 nitrogen and oxygen atoms in total. The SMILES string of the molecule is O=C(NCc1ccccc1Cl)C(=O)NC[C@H](O)c1ccc2c(c1)CCO2. The Labute approximate surface area is 156 Å². The third-order valence-electron chi connectivity index (χ3n) is 4.16. The number of hydrogen-bond acceptors (Lipinski definition) is 4. The Hall–Kier alpha value is -2.57. The van der Waals surface area contributed by atoms with Crippen molar-refractivity contribution in [3.63, 3.8) is 0 Å². The van der Waals surface area contributed by atoms with Gasteiger partial charge in [0.1, 0.15) is 5.75 Å². The molecule has 1 aliphatic rings. The number of hydrogen-bond donors (Lipinski definition) is 3. The molecule has 2 aromatic rings. The van der Waals surface area contributed by atoms with Crippen LogP contribution in [0, 0.1) is 0 Å². The summed E-state index contributed by atoms with van der Waals surface area (Å²) in [6.07, 6.45) is -0.103. The second kappa shape index (κ2) is 8.21. The van der Waals surface area contributed by atoms with Crippen molar-refractivity contribution in [3.8, 4) is 5.75 Å². The second-order valence-corrected chi connectivity index (χ2v) is 6.37. The molecule has 3 N–H and O–H groups in total. The van der Waals surface area contributed by atoms with Crippen LogP contribution in [0.3, 0.4) is 0 Å². The fourth-order valence-electron chi connectivity index (χ4n) is 2.70. The quantitative estimate of drug-likeness (QED) is 0.696. The largest absolute Gasteiger partial charge is 0.493 e. The van der Waals surface area contributed by atoms with Gasteiger partial charge >= 0.3 is 11.8 Å². The van der Waals surface area contributed by atoms with Crippen LogP contribution in [0.15, 0.2) is 42.5 Å². The molecule has 2 amide bonds. The van der Waals surface area contributed by atoms with E-state index in [1.165, 1.54) is 0 Å². The summed E-state index contributed by atoms with van der Waals surface area (Å²) >= 11 is 6.00. The van der Waals surface area contributed by atoms with Crippen molar-refractivity contribution in [1.82, 2.24) is 10.6 Å². The molecule has 0 spiro atoms. The number of amides is 2. The molecule has 0 aromatic heterocycles. The average molecular weight is 375 g/mol. The first-order chi connectivity index (χ1) is 12.5. The third-order valence-corrected chi connectivity index (χ3v) is 4.53. The minimum atomic E-state index is -0.902. The fraction of sp³-hybridized carbons (Fsp3) is 0.263. The summed E-state index contributed by atoms with van der Waals surface area (Å²) in [5.41, 5.74) is 2.42. The van der Waals surface area contributed by atoms with Crippen LogP contribution in [0.1, 0.15) is 22.8 Å². The summed E-state index contributed by atoms with van der Waals surface area (Å²) in [7, 11) is 0. The van der Waals surface area contributed by atoms with E-state index < -0.39 is 17.9 Å². The Bertz CT molecular complexity index is 825. The van der Waals surface area contributed by atoms with E-state index in [4.69, 9.17) is 16.3 Å². The topological polar surface area (TPSA) is 87.7 Å². The molecule has 0 radical (unpaired) electrons. The van der Waals surface area contributed by atoms with Crippen LogP contribution in [0.2, 0.25) is 5.02 Å². The lowest BCUT2D eigenvalue weighted by molar-refractivity contribution is -0.139. The normalized spacial score (nSPS) is 13.5. The van der Waals surface area contributed by atoms with Gasteiger partial charge in [-0.25, -0.2) is 0 Å². The van der Waals surface area contributed by atoms with E-state index >= 15 is 0 Å². The Morgan fingerprint density at radius 1 is 1.15 bits per heavy atom. The van der Waals surface area contributed by atoms with Crippen molar-refractivity contribution in [1.29, 1.82) is 0 Å². The van der Waals surface area contributed by atoms with Gasteiger partial charge in [-0.3, -0.25) is 9.59 Å². The van der Waals surface area contributed by atoms with Gasteiger partial charge in [0, 0.05) is 24.5 Å². The molecule has 136 valence electrons. The molecule has 0 saturated carbocycles. The van der Waals surface area contributed by atoms with Gasteiger partial charge in [0.05, 0.1) is 12.7 Å². The van der Waals surface area contributed by atoms with Crippen molar-refractivity contribution < 1.29 is 19.4 Å². The standard InChI is InChI=1S/C19H19ClN2O4/c20-15-4-2-1-3-14(15)10-21-18(24)19(25)22-11-16(23)12-5-6-17-13(9-12)7-8-26-17/h1-6,9,16,23H,7-8,10-11H2,(H,21,24)(H,22,25)/t16-/m0/s1. The summed E-state index contributed by atoms with van der Waals surface area (Å²) in [5.74, 6) is -0.760. The van der Waals surface area contributed by atoms with Gasteiger partial charge in [-0.2, -0.15) is 0 Å². The maximum Gasteiger partial charge on any atom is 0.309 e. The van der Waals surface area contributed by atoms with Gasteiger partial charge in [0.2, 0.25) is 0 Å². The minimum Gasteiger partial charge on any atom is -0.493 e. The van der Waals surface area contributed by atoms with Crippen LogP contribution in [0.4, 0.5) is 0 Å². The highest BCUT2D eigenvalue weighted by molar-refractivity contribution is 6.35. The van der Waals surface area contributed by atoms with Crippen molar-refractivity contribution in [2.45, 2.75) is 19.1 Å². The average Bonchev–Trinajstić information content (AvgIpc) is 3.12. The number of aliphatic hydroxyl groups excluding tert-OH is 1. The van der Waals surface area contributed by atoms with Gasteiger partial charge in [-0.05, 0) is 34.9 Å². The number of fused-ring (bicyclic) bond motifs is 1. The first kappa shape index (κ1) is 18.2. The van der Waals surface area contributed by atoms with Gasteiger partial charge in [0.25, 0.3) is 0 Å². The fourth-order valence-corrected chi connectivity index (χ4v) is 2.90. The smallest absolute Gasteiger partial charge is 0.309 e. The Kier molecular flexibility index (Phi) is 5.75. The maximum absolute atomic E-state index is 11.9. The molecule has 0 saturated heterocycles. The van der Waals surface area contributed by atoms with Crippen molar-refractivity contribution in [2.24, 2.45) is 0 Å². The van der Waals surface area contributed by atoms with Crippen LogP contribution in [-0.2, 0) is 22.6 Å². The third kappa shape index (κ3) is 4.33. The predicted octanol–water partition coefficient (Wildman–Crippen LogP) is 1.74. The summed E-state index contributed by atoms with van der Waals surface area (Å²) in [4.78, 5) is 23.8. The molecule has 1 atom stereocenters. The number of benzene rings is 2. The predicted molar refractivity (Wildman–Crippen MR) is 96.9 cm³/mol. The molecular weight excluding hydrogens is 356 g/mol. The molecular formula is C19H19ClN2O4. The lowest BCUT2D eigenvalue weighted by Crippen LogP contribution is -2.41. The zero-order valence-electron chi connectivity index (χ0n) is 14.0. The summed E-state index contributed by atoms with van der Waals surface area (Å²) in [6, 6.07) is 12.5. The van der Waals surface area contributed by atoms with E-state index in [0.29, 0.717) is 17.2 Å². The molecule has 3 rings (SSSR count). The first-order valence-corrected chi connectivity index (χ1v) is 8.65. The van der Waals surface area contributed by atoms with Crippen LogP contribution in [-0.4, -0.2) is 30.1 Å². The molecule has 0 unspecified atom stereocenters. The molecule has 1 aliphatic heterocycles. The van der Waals surface area contributed by atoms with Crippen molar-refractivity contribution >= 4 is 23.4 Å². The molecule has 2 aromatic carbocycles. The highest BCUT2D eigenvalue weighted by Gasteiger charge is 2.18. The molecule has 7 heteroatoms. The first-order valence-electron chi connectivity index (χ1n) is 8.27. The zero-order valence-corrected chi connectivity index (χ0v) is 14.8. The molecule has 0 aliphatic carbocycles. The van der Waals surface area contributed by atoms with Gasteiger partial charge in [-0.15, -0.1) is 0 Å². The highest BCUT2D eigenvalue weighted by Crippen LogP contribution is 2.28. The van der Waals surface area contributed by atoms with Crippen LogP contribution in [0.25, 0.3) is 0 Å². The monoisotopic (exact) mass is 374 g/mol. The number of carbonyl (C=O) groups is 2. The van der Waals surface area contributed by atoms with E-state index in [9.17, 15) is 14.7 Å². The van der Waals surface area contributed by atoms with Crippen molar-refractivity contribution in [2.75, 3.05) is 13.2 Å². The molecule has 26 heavy (non-hydrogen) atoms. The van der Waals surface area contributed by atoms with E-state index in [1.807, 2.05) is 6.07 Å². The summed E-state index contributed by atoms with van der Waals surface area (Å²) in [6.45, 7) is 0.731. The number of carbonyl (C=O) groups excluding carboxylic acids is 2. The number of aliphatic hydroxyl groups is 1. The number of ether oxygens (including phenoxy) is 1. The lowest BCUT2D eigenvalue weighted by Gasteiger charge is -2.13. The van der Waals surface area contributed by atoms with Gasteiger partial charge in [0.15, 0.2) is 0 Å². The number of rotatable bonds is 5. The minimum absolute atomic E-state index is 0.0575. The van der Waals surface area contributed by atoms with Crippen molar-refractivity contribution in [3.05, 3.63) is 64.2 Å². The van der Waals surface area contributed by atoms with E-state index in [0.717, 1.165) is 23.3 Å². The zero-order chi connectivity index (χ0) is 18.5. The summed E-state index contributed by atoms with van der Waals surface area (Å²) in [5, 5.41) is 15.7. The van der Waals surface area contributed by atoms with Crippen LogP contribution < -0.4 is 15.4 Å². The number of nitrogens with one attached hydrogen (secondary N) is 2. The van der Waals surface area contributed by atoms with E-state index in [2.05, 4.69) is 10.6 Å². The second-order valence-electron chi connectivity index (χ2n) is 5.97. The molecule has 0 fully saturated rings. The highest BCUT2D eigenvalue weighted by atomic mass is 35.5. The Morgan fingerprint density at radius 2 is 1.92 bits per heavy atom. The van der Waals surface area contributed by atoms with Gasteiger partial charge < -0.3 is 20.5 Å². The van der Waals surface area contributed by atoms with Crippen LogP contribution >= 0.6 is 11.6 Å². The summed E-state index contributed by atoms with van der Waals surface area (Å²) < 4.78 is 5.42.